The van der Waals surface area contributed by atoms with E-state index in [1.165, 1.54) is 16.8 Å². The highest BCUT2D eigenvalue weighted by molar-refractivity contribution is 5.81. The van der Waals surface area contributed by atoms with Crippen molar-refractivity contribution in [2.24, 2.45) is 0 Å². The molecule has 0 amide bonds. The zero-order valence-corrected chi connectivity index (χ0v) is 13.9. The fourth-order valence-electron chi connectivity index (χ4n) is 3.23. The fraction of sp³-hybridized carbons (Fsp3) is 0.529. The molecule has 0 atom stereocenters. The van der Waals surface area contributed by atoms with Crippen molar-refractivity contribution in [3.8, 4) is 5.75 Å². The van der Waals surface area contributed by atoms with Crippen molar-refractivity contribution in [1.82, 2.24) is 9.55 Å². The van der Waals surface area contributed by atoms with E-state index in [1.54, 1.807) is 6.92 Å². The quantitative estimate of drug-likeness (QED) is 0.913. The molecule has 0 aliphatic heterocycles. The van der Waals surface area contributed by atoms with Crippen LogP contribution < -0.4 is 10.3 Å². The van der Waals surface area contributed by atoms with Gasteiger partial charge in [0.15, 0.2) is 0 Å². The van der Waals surface area contributed by atoms with Gasteiger partial charge in [0, 0.05) is 17.5 Å². The summed E-state index contributed by atoms with van der Waals surface area (Å²) in [6, 6.07) is 1.50. The summed E-state index contributed by atoms with van der Waals surface area (Å²) in [4.78, 5) is 16.4. The van der Waals surface area contributed by atoms with Gasteiger partial charge in [-0.3, -0.25) is 9.36 Å². The van der Waals surface area contributed by atoms with Crippen LogP contribution in [-0.2, 0) is 6.18 Å². The van der Waals surface area contributed by atoms with Crippen LogP contribution in [0.1, 0.15) is 44.7 Å². The van der Waals surface area contributed by atoms with Gasteiger partial charge in [0.2, 0.25) is 0 Å². The largest absolute Gasteiger partial charge is 0.492 e. The van der Waals surface area contributed by atoms with Gasteiger partial charge in [0.25, 0.3) is 5.56 Å². The molecule has 0 spiro atoms. The maximum absolute atomic E-state index is 13.4. The van der Waals surface area contributed by atoms with Crippen LogP contribution in [0.25, 0.3) is 11.0 Å². The maximum atomic E-state index is 13.4. The van der Waals surface area contributed by atoms with E-state index in [9.17, 15) is 23.1 Å². The molecule has 2 heterocycles. The van der Waals surface area contributed by atoms with Gasteiger partial charge in [-0.25, -0.2) is 4.98 Å². The molecule has 0 unspecified atom stereocenters. The van der Waals surface area contributed by atoms with Crippen LogP contribution in [0, 0.1) is 0 Å². The lowest BCUT2D eigenvalue weighted by Crippen LogP contribution is -2.45. The van der Waals surface area contributed by atoms with Gasteiger partial charge in [-0.2, -0.15) is 13.2 Å². The van der Waals surface area contributed by atoms with E-state index < -0.39 is 22.9 Å². The molecular formula is C17H19F3N2O3. The Kier molecular flexibility index (Phi) is 4.26. The van der Waals surface area contributed by atoms with E-state index in [4.69, 9.17) is 4.74 Å². The molecule has 2 aromatic heterocycles. The van der Waals surface area contributed by atoms with Crippen molar-refractivity contribution in [2.45, 2.75) is 50.9 Å². The molecule has 0 radical (unpaired) electrons. The first-order valence-corrected chi connectivity index (χ1v) is 8.10. The summed E-state index contributed by atoms with van der Waals surface area (Å²) in [6.45, 7) is 3.88. The summed E-state index contributed by atoms with van der Waals surface area (Å²) >= 11 is 0. The Balaban J connectivity index is 2.18. The molecule has 0 aromatic carbocycles. The SMILES string of the molecule is CCCOc1cnc2c(c1)c(C(F)(F)F)cc(=O)n2[C@H]1C[C@](C)(O)C1. The van der Waals surface area contributed by atoms with E-state index in [0.29, 0.717) is 31.9 Å². The molecule has 8 heteroatoms. The molecule has 0 bridgehead atoms. The second-order valence-electron chi connectivity index (χ2n) is 6.71. The van der Waals surface area contributed by atoms with Gasteiger partial charge in [-0.05, 0) is 32.3 Å². The Labute approximate surface area is 142 Å². The number of fused-ring (bicyclic) bond motifs is 1. The topological polar surface area (TPSA) is 64.3 Å². The number of hydrogen-bond donors (Lipinski definition) is 1. The summed E-state index contributed by atoms with van der Waals surface area (Å²) in [5.74, 6) is 0.227. The lowest BCUT2D eigenvalue weighted by molar-refractivity contribution is -0.136. The zero-order chi connectivity index (χ0) is 18.4. The Morgan fingerprint density at radius 2 is 2.08 bits per heavy atom. The molecule has 1 aliphatic rings. The Bertz CT molecular complexity index is 851. The predicted octanol–water partition coefficient (Wildman–Crippen LogP) is 3.29. The number of hydrogen-bond acceptors (Lipinski definition) is 4. The summed E-state index contributed by atoms with van der Waals surface area (Å²) in [5.41, 5.74) is -2.74. The van der Waals surface area contributed by atoms with Crippen molar-refractivity contribution < 1.29 is 23.0 Å². The molecule has 1 saturated carbocycles. The van der Waals surface area contributed by atoms with Crippen LogP contribution in [0.2, 0.25) is 0 Å². The van der Waals surface area contributed by atoms with Crippen LogP contribution in [0.4, 0.5) is 13.2 Å². The fourth-order valence-corrected chi connectivity index (χ4v) is 3.23. The first kappa shape index (κ1) is 17.7. The predicted molar refractivity (Wildman–Crippen MR) is 85.7 cm³/mol. The normalized spacial score (nSPS) is 23.5. The maximum Gasteiger partial charge on any atom is 0.417 e. The number of pyridine rings is 2. The molecule has 1 fully saturated rings. The molecule has 3 rings (SSSR count). The molecule has 25 heavy (non-hydrogen) atoms. The number of nitrogens with zero attached hydrogens (tertiary/aromatic N) is 2. The molecule has 1 N–H and O–H groups in total. The van der Waals surface area contributed by atoms with Crippen molar-refractivity contribution in [2.75, 3.05) is 6.61 Å². The number of rotatable bonds is 4. The molecule has 2 aromatic rings. The van der Waals surface area contributed by atoms with Gasteiger partial charge in [-0.1, -0.05) is 6.92 Å². The number of alkyl halides is 3. The smallest absolute Gasteiger partial charge is 0.417 e. The van der Waals surface area contributed by atoms with Gasteiger partial charge in [0.1, 0.15) is 11.4 Å². The molecule has 136 valence electrons. The first-order valence-electron chi connectivity index (χ1n) is 8.10. The monoisotopic (exact) mass is 356 g/mol. The Morgan fingerprint density at radius 3 is 2.64 bits per heavy atom. The molecular weight excluding hydrogens is 337 g/mol. The third-order valence-corrected chi connectivity index (χ3v) is 4.36. The van der Waals surface area contributed by atoms with Gasteiger partial charge < -0.3 is 9.84 Å². The minimum atomic E-state index is -4.67. The minimum Gasteiger partial charge on any atom is -0.492 e. The van der Waals surface area contributed by atoms with E-state index in [0.717, 1.165) is 0 Å². The second-order valence-corrected chi connectivity index (χ2v) is 6.71. The summed E-state index contributed by atoms with van der Waals surface area (Å²) in [7, 11) is 0. The summed E-state index contributed by atoms with van der Waals surface area (Å²) in [6.07, 6.45) is -2.05. The van der Waals surface area contributed by atoms with Crippen molar-refractivity contribution in [3.63, 3.8) is 0 Å². The van der Waals surface area contributed by atoms with Gasteiger partial charge in [-0.15, -0.1) is 0 Å². The Hall–Kier alpha value is -2.09. The second kappa shape index (κ2) is 6.01. The lowest BCUT2D eigenvalue weighted by atomic mass is 9.77. The van der Waals surface area contributed by atoms with Crippen molar-refractivity contribution in [3.05, 3.63) is 34.2 Å². The third kappa shape index (κ3) is 3.35. The van der Waals surface area contributed by atoms with Crippen LogP contribution in [0.15, 0.2) is 23.1 Å². The number of ether oxygens (including phenoxy) is 1. The summed E-state index contributed by atoms with van der Waals surface area (Å²) in [5, 5.41) is 9.72. The molecule has 1 aliphatic carbocycles. The highest BCUT2D eigenvalue weighted by Crippen LogP contribution is 2.42. The minimum absolute atomic E-state index is 0.0378. The molecule has 5 nitrogen and oxygen atoms in total. The van der Waals surface area contributed by atoms with Crippen molar-refractivity contribution in [1.29, 1.82) is 0 Å². The molecule has 0 saturated heterocycles. The number of halogens is 3. The van der Waals surface area contributed by atoms with E-state index in [-0.39, 0.29) is 22.8 Å². The van der Waals surface area contributed by atoms with E-state index >= 15 is 0 Å². The zero-order valence-electron chi connectivity index (χ0n) is 13.9. The highest BCUT2D eigenvalue weighted by Gasteiger charge is 2.42. The van der Waals surface area contributed by atoms with E-state index in [2.05, 4.69) is 4.98 Å². The van der Waals surface area contributed by atoms with Crippen LogP contribution in [0.5, 0.6) is 5.75 Å². The average Bonchev–Trinajstić information content (AvgIpc) is 2.49. The number of aromatic nitrogens is 2. The third-order valence-electron chi connectivity index (χ3n) is 4.36. The van der Waals surface area contributed by atoms with Crippen LogP contribution in [-0.4, -0.2) is 26.9 Å². The average molecular weight is 356 g/mol. The Morgan fingerprint density at radius 1 is 1.40 bits per heavy atom. The van der Waals surface area contributed by atoms with Crippen molar-refractivity contribution >= 4 is 11.0 Å². The summed E-state index contributed by atoms with van der Waals surface area (Å²) < 4.78 is 46.7. The first-order chi connectivity index (χ1) is 11.6. The number of aliphatic hydroxyl groups is 1. The van der Waals surface area contributed by atoms with Crippen LogP contribution >= 0.6 is 0 Å². The van der Waals surface area contributed by atoms with Gasteiger partial charge in [0.05, 0.1) is 24.0 Å². The van der Waals surface area contributed by atoms with E-state index in [1.807, 2.05) is 6.92 Å². The van der Waals surface area contributed by atoms with Crippen LogP contribution in [0.3, 0.4) is 0 Å². The standard InChI is InChI=1S/C17H19F3N2O3/c1-3-4-25-11-5-12-13(17(18,19)20)6-14(23)22(15(12)21-9-11)10-7-16(2,24)8-10/h5-6,9-10,24H,3-4,7-8H2,1-2H3/t10-,16-. The highest BCUT2D eigenvalue weighted by atomic mass is 19.4. The lowest BCUT2D eigenvalue weighted by Gasteiger charge is -2.42. The van der Waals surface area contributed by atoms with Gasteiger partial charge >= 0.3 is 6.18 Å².